The Kier molecular flexibility index (Phi) is 6.71. The van der Waals surface area contributed by atoms with Crippen molar-refractivity contribution in [3.8, 4) is 0 Å². The van der Waals surface area contributed by atoms with Gasteiger partial charge in [-0.2, -0.15) is 0 Å². The fourth-order valence-corrected chi connectivity index (χ4v) is 1.72. The van der Waals surface area contributed by atoms with Crippen LogP contribution in [0.1, 0.15) is 61.8 Å². The minimum atomic E-state index is 0.197. The smallest absolute Gasteiger partial charge is 0.0518 e. The first-order valence-electron chi connectivity index (χ1n) is 6.89. The number of rotatable bonds is 6. The summed E-state index contributed by atoms with van der Waals surface area (Å²) in [6.45, 7) is 19.7. The number of hydrogen-bond acceptors (Lipinski definition) is 2. The Morgan fingerprint density at radius 1 is 1.00 bits per heavy atom. The summed E-state index contributed by atoms with van der Waals surface area (Å²) in [5.74, 6) is 0.653. The number of hydrogen-bond donors (Lipinski definition) is 1. The van der Waals surface area contributed by atoms with E-state index in [9.17, 15) is 0 Å². The molecule has 0 saturated heterocycles. The molecule has 17 heavy (non-hydrogen) atoms. The quantitative estimate of drug-likeness (QED) is 0.765. The lowest BCUT2D eigenvalue weighted by molar-refractivity contribution is 0.0535. The summed E-state index contributed by atoms with van der Waals surface area (Å²) in [6.07, 6.45) is 1.47. The molecule has 0 aliphatic heterocycles. The van der Waals surface area contributed by atoms with Gasteiger partial charge in [-0.25, -0.2) is 0 Å². The maximum Gasteiger partial charge on any atom is 0.0518 e. The van der Waals surface area contributed by atoms with Crippen LogP contribution in [0.15, 0.2) is 0 Å². The minimum absolute atomic E-state index is 0.197. The van der Waals surface area contributed by atoms with Crippen molar-refractivity contribution in [1.82, 2.24) is 5.32 Å². The maximum absolute atomic E-state index is 5.67. The van der Waals surface area contributed by atoms with Gasteiger partial charge in [-0.3, -0.25) is 0 Å². The summed E-state index contributed by atoms with van der Waals surface area (Å²) in [7, 11) is 0. The van der Waals surface area contributed by atoms with Crippen molar-refractivity contribution < 1.29 is 4.74 Å². The monoisotopic (exact) mass is 243 g/mol. The van der Waals surface area contributed by atoms with E-state index in [4.69, 9.17) is 4.74 Å². The molecular formula is C15H33NO. The number of nitrogens with one attached hydrogen (secondary N) is 1. The van der Waals surface area contributed by atoms with Crippen molar-refractivity contribution in [3.05, 3.63) is 0 Å². The molecule has 0 aromatic carbocycles. The Morgan fingerprint density at radius 3 is 1.88 bits per heavy atom. The molecule has 0 aromatic heterocycles. The highest BCUT2D eigenvalue weighted by Crippen LogP contribution is 2.28. The van der Waals surface area contributed by atoms with Crippen LogP contribution < -0.4 is 5.32 Å². The molecule has 1 atom stereocenters. The lowest BCUT2D eigenvalue weighted by Gasteiger charge is -2.34. The van der Waals surface area contributed by atoms with Crippen molar-refractivity contribution in [2.24, 2.45) is 11.3 Å². The van der Waals surface area contributed by atoms with Gasteiger partial charge in [-0.05, 0) is 58.9 Å². The molecular weight excluding hydrogens is 210 g/mol. The number of ether oxygens (including phenoxy) is 1. The standard InChI is InChI=1S/C15H33NO/c1-12(2)17-10-9-13(14(3,4)5)11-16-15(6,7)8/h12-13,16H,9-11H2,1-8H3. The van der Waals surface area contributed by atoms with Crippen LogP contribution in [-0.4, -0.2) is 24.8 Å². The fraction of sp³-hybridized carbons (Fsp3) is 1.00. The second-order valence-electron chi connectivity index (χ2n) is 7.40. The van der Waals surface area contributed by atoms with Gasteiger partial charge in [-0.1, -0.05) is 20.8 Å². The summed E-state index contributed by atoms with van der Waals surface area (Å²) < 4.78 is 5.67. The summed E-state index contributed by atoms with van der Waals surface area (Å²) in [4.78, 5) is 0. The van der Waals surface area contributed by atoms with Crippen LogP contribution >= 0.6 is 0 Å². The first-order valence-corrected chi connectivity index (χ1v) is 6.89. The molecule has 0 aromatic rings. The summed E-state index contributed by atoms with van der Waals surface area (Å²) >= 11 is 0. The maximum atomic E-state index is 5.67. The molecule has 104 valence electrons. The lowest BCUT2D eigenvalue weighted by atomic mass is 9.78. The topological polar surface area (TPSA) is 21.3 Å². The van der Waals surface area contributed by atoms with Gasteiger partial charge in [0.1, 0.15) is 0 Å². The van der Waals surface area contributed by atoms with Crippen LogP contribution in [0.4, 0.5) is 0 Å². The Hall–Kier alpha value is -0.0800. The minimum Gasteiger partial charge on any atom is -0.379 e. The van der Waals surface area contributed by atoms with Crippen molar-refractivity contribution in [1.29, 1.82) is 0 Å². The van der Waals surface area contributed by atoms with E-state index in [2.05, 4.69) is 60.7 Å². The second kappa shape index (κ2) is 6.75. The van der Waals surface area contributed by atoms with Gasteiger partial charge >= 0.3 is 0 Å². The van der Waals surface area contributed by atoms with E-state index >= 15 is 0 Å². The fourth-order valence-electron chi connectivity index (χ4n) is 1.72. The third-order valence-corrected chi connectivity index (χ3v) is 3.02. The van der Waals surface area contributed by atoms with E-state index in [0.29, 0.717) is 17.4 Å². The largest absolute Gasteiger partial charge is 0.379 e. The molecule has 2 nitrogen and oxygen atoms in total. The third kappa shape index (κ3) is 9.61. The highest BCUT2D eigenvalue weighted by Gasteiger charge is 2.25. The normalized spacial score (nSPS) is 15.4. The third-order valence-electron chi connectivity index (χ3n) is 3.02. The first kappa shape index (κ1) is 16.9. The molecule has 0 spiro atoms. The average Bonchev–Trinajstić information content (AvgIpc) is 2.06. The summed E-state index contributed by atoms with van der Waals surface area (Å²) in [6, 6.07) is 0. The van der Waals surface area contributed by atoms with Gasteiger partial charge < -0.3 is 10.1 Å². The molecule has 0 amide bonds. The van der Waals surface area contributed by atoms with Crippen LogP contribution in [0.5, 0.6) is 0 Å². The summed E-state index contributed by atoms with van der Waals surface area (Å²) in [5.41, 5.74) is 0.529. The molecule has 0 saturated carbocycles. The van der Waals surface area contributed by atoms with E-state index < -0.39 is 0 Å². The van der Waals surface area contributed by atoms with Gasteiger partial charge in [0.15, 0.2) is 0 Å². The highest BCUT2D eigenvalue weighted by molar-refractivity contribution is 4.80. The molecule has 1 N–H and O–H groups in total. The molecule has 0 rings (SSSR count). The van der Waals surface area contributed by atoms with Gasteiger partial charge in [-0.15, -0.1) is 0 Å². The van der Waals surface area contributed by atoms with Crippen LogP contribution in [0.3, 0.4) is 0 Å². The van der Waals surface area contributed by atoms with Crippen molar-refractivity contribution in [2.75, 3.05) is 13.2 Å². The van der Waals surface area contributed by atoms with Crippen molar-refractivity contribution in [3.63, 3.8) is 0 Å². The van der Waals surface area contributed by atoms with Crippen LogP contribution in [-0.2, 0) is 4.74 Å². The highest BCUT2D eigenvalue weighted by atomic mass is 16.5. The van der Waals surface area contributed by atoms with E-state index in [-0.39, 0.29) is 5.54 Å². The molecule has 1 unspecified atom stereocenters. The molecule has 0 heterocycles. The van der Waals surface area contributed by atoms with Crippen molar-refractivity contribution >= 4 is 0 Å². The Bertz CT molecular complexity index is 198. The molecule has 0 aliphatic rings. The zero-order valence-electron chi connectivity index (χ0n) is 13.2. The van der Waals surface area contributed by atoms with Crippen LogP contribution in [0.25, 0.3) is 0 Å². The molecule has 0 aliphatic carbocycles. The average molecular weight is 243 g/mol. The zero-order chi connectivity index (χ0) is 13.7. The van der Waals surface area contributed by atoms with Gasteiger partial charge in [0.05, 0.1) is 6.10 Å². The SMILES string of the molecule is CC(C)OCCC(CNC(C)(C)C)C(C)(C)C. The van der Waals surface area contributed by atoms with Gasteiger partial charge in [0, 0.05) is 12.1 Å². The zero-order valence-corrected chi connectivity index (χ0v) is 13.2. The predicted octanol–water partition coefficient (Wildman–Crippen LogP) is 3.85. The van der Waals surface area contributed by atoms with Gasteiger partial charge in [0.2, 0.25) is 0 Å². The predicted molar refractivity (Wildman–Crippen MR) is 76.4 cm³/mol. The van der Waals surface area contributed by atoms with Gasteiger partial charge in [0.25, 0.3) is 0 Å². The molecule has 0 bridgehead atoms. The Labute approximate surface area is 109 Å². The van der Waals surface area contributed by atoms with E-state index in [1.54, 1.807) is 0 Å². The first-order chi connectivity index (χ1) is 7.52. The van der Waals surface area contributed by atoms with Crippen LogP contribution in [0.2, 0.25) is 0 Å². The van der Waals surface area contributed by atoms with Crippen molar-refractivity contribution in [2.45, 2.75) is 73.5 Å². The molecule has 0 fully saturated rings. The van der Waals surface area contributed by atoms with E-state index in [1.165, 1.54) is 0 Å². The molecule has 0 radical (unpaired) electrons. The van der Waals surface area contributed by atoms with Crippen LogP contribution in [0, 0.1) is 11.3 Å². The Balaban J connectivity index is 4.17. The van der Waals surface area contributed by atoms with E-state index in [1.807, 2.05) is 0 Å². The Morgan fingerprint density at radius 2 is 1.53 bits per heavy atom. The molecule has 2 heteroatoms. The second-order valence-corrected chi connectivity index (χ2v) is 7.40. The lowest BCUT2D eigenvalue weighted by Crippen LogP contribution is -2.42. The summed E-state index contributed by atoms with van der Waals surface area (Å²) in [5, 5.41) is 3.61. The van der Waals surface area contributed by atoms with E-state index in [0.717, 1.165) is 19.6 Å².